The Morgan fingerprint density at radius 2 is 1.85 bits per heavy atom. The molecule has 3 nitrogen and oxygen atoms in total. The fraction of sp³-hybridized carbons (Fsp3) is 1.00. The lowest BCUT2D eigenvalue weighted by Gasteiger charge is -2.48. The van der Waals surface area contributed by atoms with Crippen molar-refractivity contribution in [1.29, 1.82) is 0 Å². The minimum atomic E-state index is 0.188. The molecule has 0 spiro atoms. The van der Waals surface area contributed by atoms with Crippen LogP contribution in [0.5, 0.6) is 0 Å². The summed E-state index contributed by atoms with van der Waals surface area (Å²) in [6.07, 6.45) is 8.55. The highest BCUT2D eigenvalue weighted by Crippen LogP contribution is 2.36. The first kappa shape index (κ1) is 16.3. The lowest BCUT2D eigenvalue weighted by Crippen LogP contribution is -2.57. The van der Waals surface area contributed by atoms with E-state index in [-0.39, 0.29) is 5.54 Å². The Balaban J connectivity index is 1.98. The Hall–Kier alpha value is -0.120. The van der Waals surface area contributed by atoms with Gasteiger partial charge in [0.05, 0.1) is 6.61 Å². The lowest BCUT2D eigenvalue weighted by molar-refractivity contribution is -0.00478. The van der Waals surface area contributed by atoms with E-state index < -0.39 is 0 Å². The van der Waals surface area contributed by atoms with Crippen LogP contribution >= 0.6 is 0 Å². The summed E-state index contributed by atoms with van der Waals surface area (Å²) in [5.74, 6) is 0.950. The standard InChI is InChI=1S/C17H34N2O/c1-17(2,3)18-12-15(13-20-4)19-11-7-9-14-8-5-6-10-16(14)19/h14-16,18H,5-13H2,1-4H3. The van der Waals surface area contributed by atoms with Gasteiger partial charge in [-0.25, -0.2) is 0 Å². The Morgan fingerprint density at radius 3 is 2.55 bits per heavy atom. The van der Waals surface area contributed by atoms with Gasteiger partial charge in [0.2, 0.25) is 0 Å². The molecule has 20 heavy (non-hydrogen) atoms. The Bertz CT molecular complexity index is 285. The monoisotopic (exact) mass is 282 g/mol. The molecule has 3 atom stereocenters. The van der Waals surface area contributed by atoms with Crippen molar-refractivity contribution < 1.29 is 4.74 Å². The first-order valence-electron chi connectivity index (χ1n) is 8.51. The molecule has 0 amide bonds. The number of methoxy groups -OCH3 is 1. The van der Waals surface area contributed by atoms with Crippen LogP contribution in [0.4, 0.5) is 0 Å². The van der Waals surface area contributed by atoms with E-state index in [1.807, 2.05) is 7.11 Å². The van der Waals surface area contributed by atoms with Crippen LogP contribution in [-0.2, 0) is 4.74 Å². The highest BCUT2D eigenvalue weighted by atomic mass is 16.5. The highest BCUT2D eigenvalue weighted by molar-refractivity contribution is 4.92. The molecule has 1 aliphatic carbocycles. The second-order valence-corrected chi connectivity index (χ2v) is 7.73. The largest absolute Gasteiger partial charge is 0.383 e. The van der Waals surface area contributed by atoms with Gasteiger partial charge in [-0.05, 0) is 58.9 Å². The van der Waals surface area contributed by atoms with Gasteiger partial charge in [0.15, 0.2) is 0 Å². The van der Waals surface area contributed by atoms with Crippen LogP contribution in [0.2, 0.25) is 0 Å². The van der Waals surface area contributed by atoms with E-state index in [0.717, 1.165) is 25.1 Å². The van der Waals surface area contributed by atoms with Crippen molar-refractivity contribution >= 4 is 0 Å². The molecule has 2 aliphatic rings. The summed E-state index contributed by atoms with van der Waals surface area (Å²) in [4.78, 5) is 2.77. The van der Waals surface area contributed by atoms with Crippen LogP contribution in [0.15, 0.2) is 0 Å². The number of piperidine rings is 1. The third-order valence-electron chi connectivity index (χ3n) is 4.98. The van der Waals surface area contributed by atoms with Gasteiger partial charge in [-0.1, -0.05) is 12.8 Å². The third kappa shape index (κ3) is 4.44. The topological polar surface area (TPSA) is 24.5 Å². The predicted octanol–water partition coefficient (Wildman–Crippen LogP) is 3.04. The van der Waals surface area contributed by atoms with Gasteiger partial charge in [0, 0.05) is 31.3 Å². The second-order valence-electron chi connectivity index (χ2n) is 7.73. The van der Waals surface area contributed by atoms with Gasteiger partial charge in [-0.15, -0.1) is 0 Å². The first-order chi connectivity index (χ1) is 9.51. The quantitative estimate of drug-likeness (QED) is 0.839. The van der Waals surface area contributed by atoms with Crippen molar-refractivity contribution in [2.45, 2.75) is 76.9 Å². The molecule has 1 aliphatic heterocycles. The molecule has 2 rings (SSSR count). The van der Waals surface area contributed by atoms with Crippen LogP contribution in [0, 0.1) is 5.92 Å². The van der Waals surface area contributed by atoms with Crippen LogP contribution in [0.3, 0.4) is 0 Å². The van der Waals surface area contributed by atoms with Gasteiger partial charge < -0.3 is 10.1 Å². The molecular formula is C17H34N2O. The number of hydrogen-bond donors (Lipinski definition) is 1. The Labute approximate surface area is 125 Å². The van der Waals surface area contributed by atoms with Gasteiger partial charge in [-0.3, -0.25) is 4.90 Å². The number of nitrogens with one attached hydrogen (secondary N) is 1. The number of rotatable bonds is 5. The molecular weight excluding hydrogens is 248 g/mol. The zero-order chi connectivity index (χ0) is 14.6. The molecule has 2 fully saturated rings. The zero-order valence-electron chi connectivity index (χ0n) is 14.0. The maximum atomic E-state index is 5.52. The van der Waals surface area contributed by atoms with Crippen LogP contribution in [0.1, 0.15) is 59.3 Å². The van der Waals surface area contributed by atoms with Crippen molar-refractivity contribution in [2.24, 2.45) is 5.92 Å². The van der Waals surface area contributed by atoms with Crippen molar-refractivity contribution in [3.8, 4) is 0 Å². The van der Waals surface area contributed by atoms with Crippen LogP contribution in [-0.4, -0.2) is 49.3 Å². The van der Waals surface area contributed by atoms with Crippen molar-refractivity contribution in [3.05, 3.63) is 0 Å². The smallest absolute Gasteiger partial charge is 0.0630 e. The number of ether oxygens (including phenoxy) is 1. The normalized spacial score (nSPS) is 30.0. The molecule has 0 aromatic carbocycles. The van der Waals surface area contributed by atoms with E-state index in [9.17, 15) is 0 Å². The molecule has 0 aromatic heterocycles. The summed E-state index contributed by atoms with van der Waals surface area (Å²) in [6, 6.07) is 1.35. The summed E-state index contributed by atoms with van der Waals surface area (Å²) in [5, 5.41) is 3.68. The Morgan fingerprint density at radius 1 is 1.15 bits per heavy atom. The summed E-state index contributed by atoms with van der Waals surface area (Å²) in [5.41, 5.74) is 0.188. The van der Waals surface area contributed by atoms with E-state index in [2.05, 4.69) is 31.0 Å². The fourth-order valence-corrected chi connectivity index (χ4v) is 4.00. The van der Waals surface area contributed by atoms with Crippen LogP contribution in [0.25, 0.3) is 0 Å². The van der Waals surface area contributed by atoms with Crippen molar-refractivity contribution in [1.82, 2.24) is 10.2 Å². The molecule has 1 saturated carbocycles. The van der Waals surface area contributed by atoms with E-state index >= 15 is 0 Å². The minimum Gasteiger partial charge on any atom is -0.383 e. The molecule has 1 saturated heterocycles. The summed E-state index contributed by atoms with van der Waals surface area (Å²) in [6.45, 7) is 9.90. The van der Waals surface area contributed by atoms with Crippen molar-refractivity contribution in [3.63, 3.8) is 0 Å². The second kappa shape index (κ2) is 7.24. The van der Waals surface area contributed by atoms with E-state index in [0.29, 0.717) is 6.04 Å². The minimum absolute atomic E-state index is 0.188. The molecule has 1 N–H and O–H groups in total. The highest BCUT2D eigenvalue weighted by Gasteiger charge is 2.36. The molecule has 0 aromatic rings. The molecule has 0 bridgehead atoms. The third-order valence-corrected chi connectivity index (χ3v) is 4.98. The number of hydrogen-bond acceptors (Lipinski definition) is 3. The first-order valence-corrected chi connectivity index (χ1v) is 8.51. The fourth-order valence-electron chi connectivity index (χ4n) is 4.00. The molecule has 3 unspecified atom stereocenters. The summed E-state index contributed by atoms with van der Waals surface area (Å²) < 4.78 is 5.52. The average Bonchev–Trinajstić information content (AvgIpc) is 2.42. The van der Waals surface area contributed by atoms with E-state index in [1.165, 1.54) is 45.1 Å². The molecule has 0 radical (unpaired) electrons. The zero-order valence-corrected chi connectivity index (χ0v) is 14.0. The summed E-state index contributed by atoms with van der Waals surface area (Å²) >= 11 is 0. The van der Waals surface area contributed by atoms with Gasteiger partial charge >= 0.3 is 0 Å². The SMILES string of the molecule is COCC(CNC(C)(C)C)N1CCCC2CCCCC21. The van der Waals surface area contributed by atoms with E-state index in [4.69, 9.17) is 4.74 Å². The Kier molecular flexibility index (Phi) is 5.88. The predicted molar refractivity (Wildman–Crippen MR) is 85.1 cm³/mol. The van der Waals surface area contributed by atoms with E-state index in [1.54, 1.807) is 0 Å². The molecule has 118 valence electrons. The number of fused-ring (bicyclic) bond motifs is 1. The summed E-state index contributed by atoms with van der Waals surface area (Å²) in [7, 11) is 1.84. The van der Waals surface area contributed by atoms with Crippen molar-refractivity contribution in [2.75, 3.05) is 26.8 Å². The number of nitrogens with zero attached hydrogens (tertiary/aromatic N) is 1. The molecule has 1 heterocycles. The lowest BCUT2D eigenvalue weighted by atomic mass is 9.77. The maximum absolute atomic E-state index is 5.52. The number of likely N-dealkylation sites (tertiary alicyclic amines) is 1. The maximum Gasteiger partial charge on any atom is 0.0630 e. The van der Waals surface area contributed by atoms with Gasteiger partial charge in [0.25, 0.3) is 0 Å². The van der Waals surface area contributed by atoms with Gasteiger partial charge in [0.1, 0.15) is 0 Å². The molecule has 3 heteroatoms. The van der Waals surface area contributed by atoms with Gasteiger partial charge in [-0.2, -0.15) is 0 Å². The van der Waals surface area contributed by atoms with Crippen LogP contribution < -0.4 is 5.32 Å². The average molecular weight is 282 g/mol.